The summed E-state index contributed by atoms with van der Waals surface area (Å²) in [6, 6.07) is 0.0886. The number of halogens is 3. The predicted octanol–water partition coefficient (Wildman–Crippen LogP) is 1.61. The Balaban J connectivity index is 2.10. The van der Waals surface area contributed by atoms with Crippen molar-refractivity contribution in [3.63, 3.8) is 0 Å². The van der Waals surface area contributed by atoms with Crippen molar-refractivity contribution in [3.05, 3.63) is 0 Å². The van der Waals surface area contributed by atoms with Gasteiger partial charge in [0, 0.05) is 6.04 Å². The molecule has 1 rings (SSSR count). The average molecular weight is 210 g/mol. The highest BCUT2D eigenvalue weighted by Crippen LogP contribution is 2.32. The second-order valence-electron chi connectivity index (χ2n) is 4.14. The SMILES string of the molecule is CN(CCC(N)C1CC1)CC(F)(F)F. The number of alkyl halides is 3. The Kier molecular flexibility index (Phi) is 3.78. The molecule has 0 bridgehead atoms. The summed E-state index contributed by atoms with van der Waals surface area (Å²) in [7, 11) is 1.48. The average Bonchev–Trinajstić information content (AvgIpc) is 2.78. The summed E-state index contributed by atoms with van der Waals surface area (Å²) in [5.41, 5.74) is 5.78. The zero-order valence-electron chi connectivity index (χ0n) is 8.35. The first kappa shape index (κ1) is 11.8. The van der Waals surface area contributed by atoms with E-state index in [1.807, 2.05) is 0 Å². The maximum atomic E-state index is 11.9. The quantitative estimate of drug-likeness (QED) is 0.747. The number of hydrogen-bond donors (Lipinski definition) is 1. The molecule has 0 aromatic carbocycles. The van der Waals surface area contributed by atoms with E-state index >= 15 is 0 Å². The number of nitrogens with two attached hydrogens (primary N) is 1. The molecule has 0 radical (unpaired) electrons. The molecule has 1 saturated carbocycles. The van der Waals surface area contributed by atoms with Crippen molar-refractivity contribution in [3.8, 4) is 0 Å². The molecule has 2 N–H and O–H groups in total. The maximum absolute atomic E-state index is 11.9. The van der Waals surface area contributed by atoms with Gasteiger partial charge in [0.2, 0.25) is 0 Å². The minimum atomic E-state index is -4.10. The maximum Gasteiger partial charge on any atom is 0.401 e. The molecule has 1 fully saturated rings. The van der Waals surface area contributed by atoms with Crippen molar-refractivity contribution in [1.29, 1.82) is 0 Å². The Labute approximate surface area is 82.2 Å². The normalized spacial score (nSPS) is 20.1. The zero-order valence-corrected chi connectivity index (χ0v) is 8.35. The van der Waals surface area contributed by atoms with Crippen LogP contribution in [0.1, 0.15) is 19.3 Å². The van der Waals surface area contributed by atoms with Gasteiger partial charge in [-0.2, -0.15) is 13.2 Å². The topological polar surface area (TPSA) is 29.3 Å². The molecule has 14 heavy (non-hydrogen) atoms. The highest BCUT2D eigenvalue weighted by Gasteiger charge is 2.31. The van der Waals surface area contributed by atoms with Crippen LogP contribution < -0.4 is 5.73 Å². The molecule has 84 valence electrons. The van der Waals surface area contributed by atoms with Crippen molar-refractivity contribution in [2.45, 2.75) is 31.5 Å². The second-order valence-corrected chi connectivity index (χ2v) is 4.14. The van der Waals surface area contributed by atoms with Gasteiger partial charge in [0.25, 0.3) is 0 Å². The van der Waals surface area contributed by atoms with E-state index in [2.05, 4.69) is 0 Å². The van der Waals surface area contributed by atoms with Gasteiger partial charge < -0.3 is 5.73 Å². The molecule has 0 aromatic heterocycles. The van der Waals surface area contributed by atoms with Gasteiger partial charge in [-0.05, 0) is 38.8 Å². The third-order valence-corrected chi connectivity index (χ3v) is 2.52. The molecule has 0 aliphatic heterocycles. The summed E-state index contributed by atoms with van der Waals surface area (Å²) < 4.78 is 35.8. The molecule has 0 spiro atoms. The Hall–Kier alpha value is -0.290. The number of rotatable bonds is 5. The lowest BCUT2D eigenvalue weighted by Crippen LogP contribution is -2.35. The largest absolute Gasteiger partial charge is 0.401 e. The van der Waals surface area contributed by atoms with Gasteiger partial charge in [0.15, 0.2) is 0 Å². The predicted molar refractivity (Wildman–Crippen MR) is 48.9 cm³/mol. The molecular weight excluding hydrogens is 193 g/mol. The molecule has 0 aromatic rings. The fourth-order valence-corrected chi connectivity index (χ4v) is 1.51. The van der Waals surface area contributed by atoms with Crippen LogP contribution in [0.4, 0.5) is 13.2 Å². The van der Waals surface area contributed by atoms with Gasteiger partial charge in [-0.3, -0.25) is 4.90 Å². The van der Waals surface area contributed by atoms with Crippen LogP contribution in [0.5, 0.6) is 0 Å². The van der Waals surface area contributed by atoms with Crippen LogP contribution in [0.15, 0.2) is 0 Å². The summed E-state index contributed by atoms with van der Waals surface area (Å²) in [6.07, 6.45) is -1.15. The molecule has 1 aliphatic carbocycles. The molecule has 1 unspecified atom stereocenters. The minimum absolute atomic E-state index is 0.0886. The molecule has 0 saturated heterocycles. The molecule has 5 heteroatoms. The Morgan fingerprint density at radius 1 is 1.43 bits per heavy atom. The first-order valence-corrected chi connectivity index (χ1v) is 4.89. The summed E-state index contributed by atoms with van der Waals surface area (Å²) >= 11 is 0. The van der Waals surface area contributed by atoms with Crippen LogP contribution in [-0.4, -0.2) is 37.3 Å². The third kappa shape index (κ3) is 4.81. The van der Waals surface area contributed by atoms with E-state index in [1.165, 1.54) is 11.9 Å². The molecule has 1 aliphatic rings. The Morgan fingerprint density at radius 3 is 2.43 bits per heavy atom. The summed E-state index contributed by atoms with van der Waals surface area (Å²) in [5, 5.41) is 0. The molecule has 0 heterocycles. The lowest BCUT2D eigenvalue weighted by molar-refractivity contribution is -0.143. The van der Waals surface area contributed by atoms with E-state index < -0.39 is 12.7 Å². The smallest absolute Gasteiger partial charge is 0.327 e. The van der Waals surface area contributed by atoms with Gasteiger partial charge in [-0.15, -0.1) is 0 Å². The van der Waals surface area contributed by atoms with Crippen LogP contribution >= 0.6 is 0 Å². The molecule has 0 amide bonds. The van der Waals surface area contributed by atoms with Crippen LogP contribution in [-0.2, 0) is 0 Å². The summed E-state index contributed by atoms with van der Waals surface area (Å²) in [6.45, 7) is -0.415. The van der Waals surface area contributed by atoms with Gasteiger partial charge >= 0.3 is 6.18 Å². The number of nitrogens with zero attached hydrogens (tertiary/aromatic N) is 1. The molecular formula is C9H17F3N2. The first-order chi connectivity index (χ1) is 6.38. The van der Waals surface area contributed by atoms with Crippen LogP contribution in [0.25, 0.3) is 0 Å². The van der Waals surface area contributed by atoms with Crippen LogP contribution in [0.3, 0.4) is 0 Å². The standard InChI is InChI=1S/C9H17F3N2/c1-14(6-9(10,11)12)5-4-8(13)7-2-3-7/h7-8H,2-6,13H2,1H3. The van der Waals surface area contributed by atoms with E-state index in [0.29, 0.717) is 18.9 Å². The van der Waals surface area contributed by atoms with Gasteiger partial charge in [-0.25, -0.2) is 0 Å². The van der Waals surface area contributed by atoms with E-state index in [1.54, 1.807) is 0 Å². The Morgan fingerprint density at radius 2 is 2.00 bits per heavy atom. The van der Waals surface area contributed by atoms with Crippen LogP contribution in [0, 0.1) is 5.92 Å². The van der Waals surface area contributed by atoms with Gasteiger partial charge in [0.05, 0.1) is 6.54 Å². The van der Waals surface area contributed by atoms with Gasteiger partial charge in [0.1, 0.15) is 0 Å². The van der Waals surface area contributed by atoms with Crippen molar-refractivity contribution in [2.24, 2.45) is 11.7 Å². The zero-order chi connectivity index (χ0) is 10.8. The lowest BCUT2D eigenvalue weighted by Gasteiger charge is -2.20. The van der Waals surface area contributed by atoms with E-state index in [-0.39, 0.29) is 6.04 Å². The number of hydrogen-bond acceptors (Lipinski definition) is 2. The lowest BCUT2D eigenvalue weighted by atomic mass is 10.1. The minimum Gasteiger partial charge on any atom is -0.327 e. The fraction of sp³-hybridized carbons (Fsp3) is 1.00. The molecule has 2 nitrogen and oxygen atoms in total. The van der Waals surface area contributed by atoms with E-state index in [4.69, 9.17) is 5.73 Å². The van der Waals surface area contributed by atoms with Crippen molar-refractivity contribution in [2.75, 3.05) is 20.1 Å². The van der Waals surface area contributed by atoms with Crippen molar-refractivity contribution >= 4 is 0 Å². The summed E-state index contributed by atoms with van der Waals surface area (Å²) in [5.74, 6) is 0.564. The van der Waals surface area contributed by atoms with Gasteiger partial charge in [-0.1, -0.05) is 0 Å². The first-order valence-electron chi connectivity index (χ1n) is 4.89. The highest BCUT2D eigenvalue weighted by atomic mass is 19.4. The monoisotopic (exact) mass is 210 g/mol. The van der Waals surface area contributed by atoms with Crippen molar-refractivity contribution < 1.29 is 13.2 Å². The van der Waals surface area contributed by atoms with Crippen molar-refractivity contribution in [1.82, 2.24) is 4.90 Å². The summed E-state index contributed by atoms with van der Waals surface area (Å²) in [4.78, 5) is 1.28. The highest BCUT2D eigenvalue weighted by molar-refractivity contribution is 4.84. The van der Waals surface area contributed by atoms with E-state index in [0.717, 1.165) is 12.8 Å². The van der Waals surface area contributed by atoms with E-state index in [9.17, 15) is 13.2 Å². The fourth-order valence-electron chi connectivity index (χ4n) is 1.51. The third-order valence-electron chi connectivity index (χ3n) is 2.52. The second kappa shape index (κ2) is 4.49. The Bertz CT molecular complexity index is 177. The van der Waals surface area contributed by atoms with Crippen LogP contribution in [0.2, 0.25) is 0 Å². The molecule has 1 atom stereocenters.